The van der Waals surface area contributed by atoms with Crippen molar-refractivity contribution in [2.45, 2.75) is 44.9 Å². The number of nitrogens with zero attached hydrogens (tertiary/aromatic N) is 1. The fourth-order valence-electron chi connectivity index (χ4n) is 5.63. The number of fused-ring (bicyclic) bond motifs is 4. The number of carbonyl (C=O) groups is 3. The molecule has 7 heteroatoms. The summed E-state index contributed by atoms with van der Waals surface area (Å²) in [5.74, 6) is -2.71. The highest BCUT2D eigenvalue weighted by Gasteiger charge is 2.71. The summed E-state index contributed by atoms with van der Waals surface area (Å²) in [7, 11) is 0. The minimum Gasteiger partial charge on any atom is -0.392 e. The lowest BCUT2D eigenvalue weighted by atomic mass is 9.76. The van der Waals surface area contributed by atoms with Crippen molar-refractivity contribution in [1.82, 2.24) is 10.2 Å². The zero-order valence-electron chi connectivity index (χ0n) is 18.4. The first-order chi connectivity index (χ1) is 15.3. The van der Waals surface area contributed by atoms with E-state index in [0.29, 0.717) is 17.7 Å². The number of aliphatic hydroxyl groups excluding tert-OH is 1. The fraction of sp³-hybridized carbons (Fsp3) is 0.400. The lowest BCUT2D eigenvalue weighted by Crippen LogP contribution is -2.55. The molecule has 166 valence electrons. The Morgan fingerprint density at radius 1 is 1.06 bits per heavy atom. The minimum atomic E-state index is -1.37. The van der Waals surface area contributed by atoms with Crippen LogP contribution in [0.1, 0.15) is 29.2 Å². The van der Waals surface area contributed by atoms with Crippen LogP contribution < -0.4 is 10.6 Å². The van der Waals surface area contributed by atoms with Crippen LogP contribution in [0.2, 0.25) is 0 Å². The molecule has 0 saturated carbocycles. The van der Waals surface area contributed by atoms with Gasteiger partial charge in [-0.25, -0.2) is 0 Å². The predicted octanol–water partition coefficient (Wildman–Crippen LogP) is 1.65. The number of nitrogens with one attached hydrogen (secondary N) is 2. The maximum Gasteiger partial charge on any atom is 0.250 e. The monoisotopic (exact) mass is 433 g/mol. The van der Waals surface area contributed by atoms with E-state index in [-0.39, 0.29) is 24.3 Å². The van der Waals surface area contributed by atoms with Crippen LogP contribution in [-0.2, 0) is 26.3 Å². The van der Waals surface area contributed by atoms with Crippen molar-refractivity contribution in [1.29, 1.82) is 0 Å². The van der Waals surface area contributed by atoms with Crippen LogP contribution >= 0.6 is 0 Å². The molecule has 3 heterocycles. The lowest BCUT2D eigenvalue weighted by Gasteiger charge is -2.30. The topological polar surface area (TPSA) is 98.7 Å². The summed E-state index contributed by atoms with van der Waals surface area (Å²) in [6.45, 7) is 5.73. The molecule has 3 N–H and O–H groups in total. The van der Waals surface area contributed by atoms with Crippen LogP contribution in [0.3, 0.4) is 0 Å². The van der Waals surface area contributed by atoms with Gasteiger partial charge in [-0.05, 0) is 43.9 Å². The van der Waals surface area contributed by atoms with Gasteiger partial charge < -0.3 is 10.4 Å². The van der Waals surface area contributed by atoms with E-state index in [2.05, 4.69) is 10.6 Å². The SMILES string of the molecule is Cc1ccc2c(c1C)NC(=O)[C@]21N[C@@H]([C@@H](C)O)[C@H]2C(=O)N(CCc3ccccc3)C(=O)[C@H]21. The van der Waals surface area contributed by atoms with E-state index in [4.69, 9.17) is 0 Å². The van der Waals surface area contributed by atoms with Crippen LogP contribution in [0.25, 0.3) is 0 Å². The van der Waals surface area contributed by atoms with Crippen molar-refractivity contribution >= 4 is 23.4 Å². The van der Waals surface area contributed by atoms with Gasteiger partial charge in [-0.1, -0.05) is 42.5 Å². The average Bonchev–Trinajstić information content (AvgIpc) is 3.36. The van der Waals surface area contributed by atoms with Gasteiger partial charge in [0.2, 0.25) is 17.7 Å². The van der Waals surface area contributed by atoms with Crippen molar-refractivity contribution < 1.29 is 19.5 Å². The van der Waals surface area contributed by atoms with Crippen molar-refractivity contribution in [3.63, 3.8) is 0 Å². The summed E-state index contributed by atoms with van der Waals surface area (Å²) < 4.78 is 0. The van der Waals surface area contributed by atoms with Gasteiger partial charge in [0, 0.05) is 23.8 Å². The molecule has 2 aromatic carbocycles. The Morgan fingerprint density at radius 3 is 2.47 bits per heavy atom. The third-order valence-electron chi connectivity index (χ3n) is 7.43. The Bertz CT molecular complexity index is 1130. The molecule has 1 spiro atoms. The van der Waals surface area contributed by atoms with Gasteiger partial charge >= 0.3 is 0 Å². The number of hydrogen-bond donors (Lipinski definition) is 3. The predicted molar refractivity (Wildman–Crippen MR) is 119 cm³/mol. The van der Waals surface area contributed by atoms with Crippen molar-refractivity contribution in [3.8, 4) is 0 Å². The van der Waals surface area contributed by atoms with Gasteiger partial charge in [0.15, 0.2) is 0 Å². The highest BCUT2D eigenvalue weighted by atomic mass is 16.3. The number of amides is 3. The van der Waals surface area contributed by atoms with Crippen LogP contribution in [0.4, 0.5) is 5.69 Å². The molecule has 3 aliphatic heterocycles. The van der Waals surface area contributed by atoms with Crippen LogP contribution in [0, 0.1) is 25.7 Å². The van der Waals surface area contributed by atoms with Crippen molar-refractivity contribution in [3.05, 3.63) is 64.7 Å². The molecule has 5 rings (SSSR count). The van der Waals surface area contributed by atoms with Gasteiger partial charge in [-0.3, -0.25) is 24.6 Å². The third kappa shape index (κ3) is 2.71. The molecule has 2 saturated heterocycles. The summed E-state index contributed by atoms with van der Waals surface area (Å²) in [5.41, 5.74) is 2.99. The summed E-state index contributed by atoms with van der Waals surface area (Å²) in [4.78, 5) is 41.8. The summed E-state index contributed by atoms with van der Waals surface area (Å²) >= 11 is 0. The number of likely N-dealkylation sites (tertiary alicyclic amines) is 1. The zero-order chi connectivity index (χ0) is 22.8. The molecule has 0 radical (unpaired) electrons. The van der Waals surface area contributed by atoms with E-state index in [9.17, 15) is 19.5 Å². The smallest absolute Gasteiger partial charge is 0.250 e. The van der Waals surface area contributed by atoms with E-state index in [1.165, 1.54) is 4.90 Å². The highest BCUT2D eigenvalue weighted by molar-refractivity contribution is 6.15. The normalized spacial score (nSPS) is 29.4. The Kier molecular flexibility index (Phi) is 4.72. The van der Waals surface area contributed by atoms with Gasteiger partial charge in [0.1, 0.15) is 5.54 Å². The van der Waals surface area contributed by atoms with Crippen molar-refractivity contribution in [2.75, 3.05) is 11.9 Å². The molecule has 0 bridgehead atoms. The molecule has 2 aromatic rings. The number of anilines is 1. The maximum atomic E-state index is 13.7. The quantitative estimate of drug-likeness (QED) is 0.637. The van der Waals surface area contributed by atoms with Crippen LogP contribution in [0.15, 0.2) is 42.5 Å². The zero-order valence-corrected chi connectivity index (χ0v) is 18.4. The third-order valence-corrected chi connectivity index (χ3v) is 7.43. The maximum absolute atomic E-state index is 13.7. The molecular formula is C25H27N3O4. The number of aliphatic hydroxyl groups is 1. The minimum absolute atomic E-state index is 0.249. The molecule has 32 heavy (non-hydrogen) atoms. The summed E-state index contributed by atoms with van der Waals surface area (Å²) in [6.07, 6.45) is -0.366. The average molecular weight is 434 g/mol. The first-order valence-electron chi connectivity index (χ1n) is 11.0. The molecule has 3 aliphatic rings. The van der Waals surface area contributed by atoms with E-state index in [0.717, 1.165) is 16.7 Å². The first-order valence-corrected chi connectivity index (χ1v) is 11.0. The van der Waals surface area contributed by atoms with E-state index >= 15 is 0 Å². The summed E-state index contributed by atoms with van der Waals surface area (Å²) in [6, 6.07) is 12.8. The Hall–Kier alpha value is -3.03. The molecule has 7 nitrogen and oxygen atoms in total. The van der Waals surface area contributed by atoms with Crippen LogP contribution in [-0.4, -0.2) is 46.4 Å². The second-order valence-electron chi connectivity index (χ2n) is 9.17. The second-order valence-corrected chi connectivity index (χ2v) is 9.17. The van der Waals surface area contributed by atoms with E-state index in [1.807, 2.05) is 56.3 Å². The van der Waals surface area contributed by atoms with Crippen LogP contribution in [0.5, 0.6) is 0 Å². The van der Waals surface area contributed by atoms with Crippen molar-refractivity contribution in [2.24, 2.45) is 11.8 Å². The van der Waals surface area contributed by atoms with Gasteiger partial charge in [0.25, 0.3) is 0 Å². The molecule has 0 unspecified atom stereocenters. The molecule has 0 aliphatic carbocycles. The molecule has 3 amide bonds. The largest absolute Gasteiger partial charge is 0.392 e. The molecule has 2 fully saturated rings. The lowest BCUT2D eigenvalue weighted by molar-refractivity contribution is -0.143. The van der Waals surface area contributed by atoms with E-state index < -0.39 is 29.5 Å². The second kappa shape index (κ2) is 7.25. The van der Waals surface area contributed by atoms with Gasteiger partial charge in [-0.15, -0.1) is 0 Å². The standard InChI is InChI=1S/C25H27N3O4/c1-13-9-10-17-20(14(13)2)26-24(32)25(17)19-18(21(27-25)15(3)29)22(30)28(23(19)31)12-11-16-7-5-4-6-8-16/h4-10,15,18-19,21,27,29H,11-12H2,1-3H3,(H,26,32)/t15-,18+,19+,21+,25+/m1/s1. The molecule has 5 atom stereocenters. The Balaban J connectivity index is 1.57. The highest BCUT2D eigenvalue weighted by Crippen LogP contribution is 2.54. The molecular weight excluding hydrogens is 406 g/mol. The number of aryl methyl sites for hydroxylation is 1. The van der Waals surface area contributed by atoms with Gasteiger partial charge in [-0.2, -0.15) is 0 Å². The first kappa shape index (κ1) is 20.8. The number of benzene rings is 2. The number of imide groups is 1. The Labute approximate surface area is 186 Å². The number of hydrogen-bond acceptors (Lipinski definition) is 5. The van der Waals surface area contributed by atoms with Gasteiger partial charge in [0.05, 0.1) is 17.9 Å². The number of carbonyl (C=O) groups excluding carboxylic acids is 3. The number of rotatable bonds is 4. The fourth-order valence-corrected chi connectivity index (χ4v) is 5.63. The van der Waals surface area contributed by atoms with E-state index in [1.54, 1.807) is 6.92 Å². The Morgan fingerprint density at radius 2 is 1.78 bits per heavy atom. The summed E-state index contributed by atoms with van der Waals surface area (Å²) in [5, 5.41) is 16.7. The molecule has 0 aromatic heterocycles.